The highest BCUT2D eigenvalue weighted by molar-refractivity contribution is 7.05. The number of nitrogens with zero attached hydrogens (tertiary/aromatic N) is 3. The van der Waals surface area contributed by atoms with E-state index in [-0.39, 0.29) is 17.4 Å². The number of hydrogen-bond acceptors (Lipinski definition) is 5. The fourth-order valence-electron chi connectivity index (χ4n) is 1.26. The summed E-state index contributed by atoms with van der Waals surface area (Å²) >= 11 is 1.08. The Labute approximate surface area is 105 Å². The van der Waals surface area contributed by atoms with E-state index in [1.165, 1.54) is 6.07 Å². The van der Waals surface area contributed by atoms with Crippen molar-refractivity contribution in [2.45, 2.75) is 19.1 Å². The number of halogens is 3. The molecule has 18 heavy (non-hydrogen) atoms. The van der Waals surface area contributed by atoms with Gasteiger partial charge in [0, 0.05) is 11.8 Å². The average Bonchev–Trinajstić information content (AvgIpc) is 2.77. The van der Waals surface area contributed by atoms with Gasteiger partial charge < -0.3 is 5.73 Å². The number of pyridine rings is 1. The molecule has 4 nitrogen and oxygen atoms in total. The van der Waals surface area contributed by atoms with Crippen LogP contribution in [0.3, 0.4) is 0 Å². The van der Waals surface area contributed by atoms with Crippen molar-refractivity contribution >= 4 is 11.5 Å². The largest absolute Gasteiger partial charge is 0.433 e. The van der Waals surface area contributed by atoms with Crippen molar-refractivity contribution in [2.75, 3.05) is 0 Å². The van der Waals surface area contributed by atoms with Crippen LogP contribution in [0.4, 0.5) is 13.2 Å². The zero-order chi connectivity index (χ0) is 13.3. The van der Waals surface area contributed by atoms with E-state index >= 15 is 0 Å². The molecular weight excluding hydrogens is 265 g/mol. The van der Waals surface area contributed by atoms with Crippen LogP contribution >= 0.6 is 11.5 Å². The van der Waals surface area contributed by atoms with Crippen molar-refractivity contribution in [3.05, 3.63) is 29.0 Å². The van der Waals surface area contributed by atoms with Crippen molar-refractivity contribution in [1.29, 1.82) is 0 Å². The van der Waals surface area contributed by atoms with Crippen LogP contribution in [0.2, 0.25) is 0 Å². The lowest BCUT2D eigenvalue weighted by molar-refractivity contribution is -0.141. The van der Waals surface area contributed by atoms with E-state index < -0.39 is 11.9 Å². The number of rotatable bonds is 2. The summed E-state index contributed by atoms with van der Waals surface area (Å²) in [6, 6.07) is 2.06. The summed E-state index contributed by atoms with van der Waals surface area (Å²) in [7, 11) is 0. The molecule has 96 valence electrons. The summed E-state index contributed by atoms with van der Waals surface area (Å²) in [6.45, 7) is 1.73. The van der Waals surface area contributed by atoms with Gasteiger partial charge in [0.25, 0.3) is 0 Å². The van der Waals surface area contributed by atoms with Crippen molar-refractivity contribution in [2.24, 2.45) is 5.73 Å². The van der Waals surface area contributed by atoms with Crippen LogP contribution in [0.15, 0.2) is 18.3 Å². The minimum absolute atomic E-state index is 0.236. The van der Waals surface area contributed by atoms with Gasteiger partial charge in [-0.1, -0.05) is 0 Å². The smallest absolute Gasteiger partial charge is 0.322 e. The average molecular weight is 274 g/mol. The van der Waals surface area contributed by atoms with E-state index in [1.54, 1.807) is 6.92 Å². The zero-order valence-corrected chi connectivity index (χ0v) is 10.1. The summed E-state index contributed by atoms with van der Waals surface area (Å²) < 4.78 is 41.5. The Morgan fingerprint density at radius 3 is 2.67 bits per heavy atom. The maximum absolute atomic E-state index is 12.5. The van der Waals surface area contributed by atoms with Crippen molar-refractivity contribution in [3.8, 4) is 11.4 Å². The fourth-order valence-corrected chi connectivity index (χ4v) is 1.88. The van der Waals surface area contributed by atoms with Crippen LogP contribution in [0.1, 0.15) is 23.7 Å². The van der Waals surface area contributed by atoms with Gasteiger partial charge in [0.2, 0.25) is 0 Å². The first-order chi connectivity index (χ1) is 8.38. The first-order valence-corrected chi connectivity index (χ1v) is 5.78. The van der Waals surface area contributed by atoms with E-state index in [4.69, 9.17) is 5.73 Å². The Morgan fingerprint density at radius 2 is 2.11 bits per heavy atom. The Morgan fingerprint density at radius 1 is 1.39 bits per heavy atom. The van der Waals surface area contributed by atoms with Crippen molar-refractivity contribution in [1.82, 2.24) is 14.3 Å². The molecule has 0 aliphatic heterocycles. The standard InChI is InChI=1S/C10H9F3N4S/c1-5(14)9-16-8(17-18-9)6-2-3-15-7(4-6)10(11,12)13/h2-5H,14H2,1H3. The normalized spacial score (nSPS) is 13.6. The van der Waals surface area contributed by atoms with E-state index in [1.807, 2.05) is 0 Å². The topological polar surface area (TPSA) is 64.7 Å². The fraction of sp³-hybridized carbons (Fsp3) is 0.300. The SMILES string of the molecule is CC(N)c1nc(-c2ccnc(C(F)(F)F)c2)ns1. The molecule has 0 saturated carbocycles. The van der Waals surface area contributed by atoms with Gasteiger partial charge in [-0.25, -0.2) is 4.98 Å². The monoisotopic (exact) mass is 274 g/mol. The van der Waals surface area contributed by atoms with Crippen LogP contribution in [0, 0.1) is 0 Å². The summed E-state index contributed by atoms with van der Waals surface area (Å²) in [5, 5.41) is 0.579. The molecule has 0 bridgehead atoms. The molecule has 1 atom stereocenters. The summed E-state index contributed by atoms with van der Waals surface area (Å²) in [6.07, 6.45) is -3.39. The molecule has 8 heteroatoms. The molecular formula is C10H9F3N4S. The molecule has 0 fully saturated rings. The summed E-state index contributed by atoms with van der Waals surface area (Å²) in [5.74, 6) is 0.236. The van der Waals surface area contributed by atoms with Gasteiger partial charge in [-0.05, 0) is 30.6 Å². The first-order valence-electron chi connectivity index (χ1n) is 5.00. The highest BCUT2D eigenvalue weighted by Gasteiger charge is 2.32. The van der Waals surface area contributed by atoms with Gasteiger partial charge in [-0.3, -0.25) is 4.98 Å². The molecule has 2 heterocycles. The molecule has 2 aromatic rings. The number of alkyl halides is 3. The lowest BCUT2D eigenvalue weighted by Crippen LogP contribution is -2.07. The molecule has 0 aliphatic carbocycles. The van der Waals surface area contributed by atoms with Crippen LogP contribution < -0.4 is 5.73 Å². The van der Waals surface area contributed by atoms with E-state index in [0.717, 1.165) is 23.8 Å². The van der Waals surface area contributed by atoms with Gasteiger partial charge in [0.05, 0.1) is 6.04 Å². The van der Waals surface area contributed by atoms with E-state index in [2.05, 4.69) is 14.3 Å². The molecule has 2 N–H and O–H groups in total. The van der Waals surface area contributed by atoms with Crippen molar-refractivity contribution in [3.63, 3.8) is 0 Å². The van der Waals surface area contributed by atoms with Crippen LogP contribution in [0.5, 0.6) is 0 Å². The molecule has 2 aromatic heterocycles. The minimum Gasteiger partial charge on any atom is -0.322 e. The predicted molar refractivity (Wildman–Crippen MR) is 60.7 cm³/mol. The highest BCUT2D eigenvalue weighted by Crippen LogP contribution is 2.30. The van der Waals surface area contributed by atoms with E-state index in [0.29, 0.717) is 5.01 Å². The second-order valence-corrected chi connectivity index (χ2v) is 4.46. The van der Waals surface area contributed by atoms with Gasteiger partial charge in [0.1, 0.15) is 10.7 Å². The molecule has 0 radical (unpaired) electrons. The highest BCUT2D eigenvalue weighted by atomic mass is 32.1. The molecule has 0 amide bonds. The number of hydrogen-bond donors (Lipinski definition) is 1. The van der Waals surface area contributed by atoms with Crippen LogP contribution in [-0.2, 0) is 6.18 Å². The Hall–Kier alpha value is -1.54. The first kappa shape index (κ1) is 12.9. The maximum atomic E-state index is 12.5. The van der Waals surface area contributed by atoms with Crippen LogP contribution in [0.25, 0.3) is 11.4 Å². The second kappa shape index (κ2) is 4.62. The summed E-state index contributed by atoms with van der Waals surface area (Å²) in [4.78, 5) is 7.37. The molecule has 0 aliphatic rings. The lowest BCUT2D eigenvalue weighted by atomic mass is 10.2. The molecule has 0 aromatic carbocycles. The zero-order valence-electron chi connectivity index (χ0n) is 9.27. The Bertz CT molecular complexity index is 550. The van der Waals surface area contributed by atoms with Gasteiger partial charge in [-0.2, -0.15) is 17.5 Å². The van der Waals surface area contributed by atoms with Crippen molar-refractivity contribution < 1.29 is 13.2 Å². The quantitative estimate of drug-likeness (QED) is 0.914. The lowest BCUT2D eigenvalue weighted by Gasteiger charge is -2.05. The third-order valence-electron chi connectivity index (χ3n) is 2.14. The molecule has 2 rings (SSSR count). The van der Waals surface area contributed by atoms with Gasteiger partial charge in [0.15, 0.2) is 5.82 Å². The Balaban J connectivity index is 2.38. The summed E-state index contributed by atoms with van der Waals surface area (Å²) in [5.41, 5.74) is 4.94. The molecule has 1 unspecified atom stereocenters. The molecule has 0 saturated heterocycles. The Kier molecular flexibility index (Phi) is 3.31. The number of nitrogens with two attached hydrogens (primary N) is 1. The number of aromatic nitrogens is 3. The molecule has 0 spiro atoms. The van der Waals surface area contributed by atoms with Gasteiger partial charge >= 0.3 is 6.18 Å². The third-order valence-corrected chi connectivity index (χ3v) is 3.05. The maximum Gasteiger partial charge on any atom is 0.433 e. The van der Waals surface area contributed by atoms with Gasteiger partial charge in [-0.15, -0.1) is 0 Å². The minimum atomic E-state index is -4.48. The predicted octanol–water partition coefficient (Wildman–Crippen LogP) is 2.64. The van der Waals surface area contributed by atoms with E-state index in [9.17, 15) is 13.2 Å². The van der Waals surface area contributed by atoms with Crippen LogP contribution in [-0.4, -0.2) is 14.3 Å². The third kappa shape index (κ3) is 2.65. The second-order valence-electron chi connectivity index (χ2n) is 3.67.